The molecule has 4 rings (SSSR count). The summed E-state index contributed by atoms with van der Waals surface area (Å²) in [6, 6.07) is 5.97. The Kier molecular flexibility index (Phi) is 6.15. The lowest BCUT2D eigenvalue weighted by molar-refractivity contribution is -0.119. The van der Waals surface area contributed by atoms with E-state index in [-0.39, 0.29) is 17.6 Å². The molecule has 0 spiro atoms. The number of anilines is 2. The molecule has 1 aromatic carbocycles. The average Bonchev–Trinajstić information content (AvgIpc) is 3.39. The van der Waals surface area contributed by atoms with Gasteiger partial charge in [-0.15, -0.1) is 11.3 Å². The zero-order valence-electron chi connectivity index (χ0n) is 17.7. The van der Waals surface area contributed by atoms with Crippen molar-refractivity contribution in [3.63, 3.8) is 0 Å². The Bertz CT molecular complexity index is 1120. The molecule has 162 valence electrons. The van der Waals surface area contributed by atoms with E-state index in [4.69, 9.17) is 9.15 Å². The smallest absolute Gasteiger partial charge is 0.295 e. The van der Waals surface area contributed by atoms with Crippen LogP contribution in [0.4, 0.5) is 10.8 Å². The molecule has 8 nitrogen and oxygen atoms in total. The minimum atomic E-state index is -0.358. The summed E-state index contributed by atoms with van der Waals surface area (Å²) in [6.07, 6.45) is 1.81. The normalized spacial score (nSPS) is 13.4. The maximum atomic E-state index is 12.5. The zero-order valence-corrected chi connectivity index (χ0v) is 18.5. The van der Waals surface area contributed by atoms with Gasteiger partial charge >= 0.3 is 0 Å². The van der Waals surface area contributed by atoms with E-state index in [2.05, 4.69) is 21.4 Å². The van der Waals surface area contributed by atoms with Crippen LogP contribution in [0.15, 0.2) is 28.0 Å². The van der Waals surface area contributed by atoms with Crippen molar-refractivity contribution in [2.24, 2.45) is 0 Å². The first-order valence-electron chi connectivity index (χ1n) is 10.2. The van der Waals surface area contributed by atoms with E-state index in [1.165, 1.54) is 11.3 Å². The molecular weight excluding hydrogens is 416 g/mol. The second-order valence-electron chi connectivity index (χ2n) is 7.25. The molecule has 0 saturated heterocycles. The van der Waals surface area contributed by atoms with Crippen LogP contribution >= 0.6 is 11.3 Å². The molecule has 2 aromatic heterocycles. The number of aromatic nitrogens is 2. The van der Waals surface area contributed by atoms with Gasteiger partial charge in [-0.25, -0.2) is 9.97 Å². The van der Waals surface area contributed by atoms with E-state index < -0.39 is 0 Å². The highest BCUT2D eigenvalue weighted by Gasteiger charge is 2.24. The van der Waals surface area contributed by atoms with E-state index in [1.807, 2.05) is 24.4 Å². The second-order valence-corrected chi connectivity index (χ2v) is 8.11. The van der Waals surface area contributed by atoms with E-state index in [0.29, 0.717) is 49.1 Å². The monoisotopic (exact) mass is 440 g/mol. The predicted octanol–water partition coefficient (Wildman–Crippen LogP) is 3.85. The first-order chi connectivity index (χ1) is 15.0. The summed E-state index contributed by atoms with van der Waals surface area (Å²) in [7, 11) is 1.63. The number of benzene rings is 1. The molecule has 3 aromatic rings. The third-order valence-electron chi connectivity index (χ3n) is 5.17. The van der Waals surface area contributed by atoms with E-state index in [9.17, 15) is 9.59 Å². The van der Waals surface area contributed by atoms with Gasteiger partial charge in [-0.3, -0.25) is 14.9 Å². The summed E-state index contributed by atoms with van der Waals surface area (Å²) in [5.41, 5.74) is 4.31. The number of nitrogens with one attached hydrogen (secondary N) is 1. The minimum absolute atomic E-state index is 0.116. The molecule has 0 saturated carbocycles. The summed E-state index contributed by atoms with van der Waals surface area (Å²) < 4.78 is 10.6. The van der Waals surface area contributed by atoms with Gasteiger partial charge in [0.2, 0.25) is 11.7 Å². The molecule has 0 unspecified atom stereocenters. The van der Waals surface area contributed by atoms with Crippen LogP contribution in [0.5, 0.6) is 0 Å². The number of carbonyl (C=O) groups is 2. The van der Waals surface area contributed by atoms with Crippen LogP contribution in [0.25, 0.3) is 11.3 Å². The average molecular weight is 441 g/mol. The lowest BCUT2D eigenvalue weighted by Crippen LogP contribution is -2.37. The number of hydrogen-bond donors (Lipinski definition) is 1. The van der Waals surface area contributed by atoms with Crippen LogP contribution in [0.1, 0.15) is 41.0 Å². The SMILES string of the molecule is CCc1nc(C)c(C(=O)Nc2nc(-c3ccc4c(c3)CCC(=O)N4CCOC)cs2)o1. The second kappa shape index (κ2) is 8.99. The summed E-state index contributed by atoms with van der Waals surface area (Å²) in [6.45, 7) is 4.70. The fourth-order valence-electron chi connectivity index (χ4n) is 3.58. The fourth-order valence-corrected chi connectivity index (χ4v) is 4.29. The first-order valence-corrected chi connectivity index (χ1v) is 11.0. The highest BCUT2D eigenvalue weighted by molar-refractivity contribution is 7.14. The Morgan fingerprint density at radius 2 is 2.16 bits per heavy atom. The summed E-state index contributed by atoms with van der Waals surface area (Å²) >= 11 is 1.35. The Balaban J connectivity index is 1.52. The minimum Gasteiger partial charge on any atom is -0.435 e. The standard InChI is InChI=1S/C22H24N4O4S/c1-4-18-23-13(2)20(30-18)21(28)25-22-24-16(12-31-22)14-5-7-17-15(11-14)6-8-19(27)26(17)9-10-29-3/h5,7,11-12H,4,6,8-10H2,1-3H3,(H,24,25,28). The molecule has 31 heavy (non-hydrogen) atoms. The highest BCUT2D eigenvalue weighted by atomic mass is 32.1. The number of oxazole rings is 1. The topological polar surface area (TPSA) is 97.6 Å². The van der Waals surface area contributed by atoms with Crippen molar-refractivity contribution < 1.29 is 18.7 Å². The van der Waals surface area contributed by atoms with Gasteiger partial charge in [-0.1, -0.05) is 13.0 Å². The largest absolute Gasteiger partial charge is 0.435 e. The molecule has 1 N–H and O–H groups in total. The molecular formula is C22H24N4O4S. The summed E-state index contributed by atoms with van der Waals surface area (Å²) in [5, 5.41) is 5.18. The van der Waals surface area contributed by atoms with Crippen molar-refractivity contribution in [2.75, 3.05) is 30.5 Å². The first kappa shape index (κ1) is 21.2. The Morgan fingerprint density at radius 1 is 1.32 bits per heavy atom. The molecule has 0 aliphatic carbocycles. The number of fused-ring (bicyclic) bond motifs is 1. The van der Waals surface area contributed by atoms with Crippen LogP contribution < -0.4 is 10.2 Å². The molecule has 0 fully saturated rings. The fraction of sp³-hybridized carbons (Fsp3) is 0.364. The third kappa shape index (κ3) is 4.38. The molecule has 0 atom stereocenters. The molecule has 9 heteroatoms. The molecule has 2 amide bonds. The highest BCUT2D eigenvalue weighted by Crippen LogP contribution is 2.33. The van der Waals surface area contributed by atoms with Crippen molar-refractivity contribution in [3.8, 4) is 11.3 Å². The molecule has 3 heterocycles. The number of rotatable bonds is 7. The van der Waals surface area contributed by atoms with Crippen molar-refractivity contribution in [1.82, 2.24) is 9.97 Å². The van der Waals surface area contributed by atoms with Gasteiger partial charge in [0.25, 0.3) is 5.91 Å². The number of hydrogen-bond acceptors (Lipinski definition) is 7. The lowest BCUT2D eigenvalue weighted by Gasteiger charge is -2.29. The van der Waals surface area contributed by atoms with Gasteiger partial charge in [-0.2, -0.15) is 0 Å². The Hall–Kier alpha value is -3.04. The van der Waals surface area contributed by atoms with E-state index in [0.717, 1.165) is 22.5 Å². The van der Waals surface area contributed by atoms with Gasteiger partial charge in [0.05, 0.1) is 18.0 Å². The van der Waals surface area contributed by atoms with Crippen LogP contribution in [-0.4, -0.2) is 42.0 Å². The number of aryl methyl sites for hydroxylation is 3. The lowest BCUT2D eigenvalue weighted by atomic mass is 9.98. The van der Waals surface area contributed by atoms with Crippen LogP contribution in [0.3, 0.4) is 0 Å². The number of carbonyl (C=O) groups excluding carboxylic acids is 2. The predicted molar refractivity (Wildman–Crippen MR) is 119 cm³/mol. The number of nitrogens with zero attached hydrogens (tertiary/aromatic N) is 3. The van der Waals surface area contributed by atoms with Crippen molar-refractivity contribution in [2.45, 2.75) is 33.1 Å². The maximum Gasteiger partial charge on any atom is 0.295 e. The molecule has 1 aliphatic rings. The van der Waals surface area contributed by atoms with Gasteiger partial charge in [0, 0.05) is 43.1 Å². The quantitative estimate of drug-likeness (QED) is 0.599. The third-order valence-corrected chi connectivity index (χ3v) is 5.93. The van der Waals surface area contributed by atoms with Crippen molar-refractivity contribution in [3.05, 3.63) is 46.5 Å². The summed E-state index contributed by atoms with van der Waals surface area (Å²) in [4.78, 5) is 35.4. The Morgan fingerprint density at radius 3 is 2.90 bits per heavy atom. The number of amides is 2. The van der Waals surface area contributed by atoms with Gasteiger partial charge in [0.1, 0.15) is 0 Å². The van der Waals surface area contributed by atoms with Crippen molar-refractivity contribution >= 4 is 34.0 Å². The Labute approximate surface area is 184 Å². The van der Waals surface area contributed by atoms with Crippen LogP contribution in [0.2, 0.25) is 0 Å². The van der Waals surface area contributed by atoms with Gasteiger partial charge in [0.15, 0.2) is 11.0 Å². The van der Waals surface area contributed by atoms with Gasteiger partial charge < -0.3 is 14.1 Å². The molecule has 0 radical (unpaired) electrons. The van der Waals surface area contributed by atoms with Crippen LogP contribution in [0, 0.1) is 6.92 Å². The van der Waals surface area contributed by atoms with Crippen molar-refractivity contribution in [1.29, 1.82) is 0 Å². The summed E-state index contributed by atoms with van der Waals surface area (Å²) in [5.74, 6) is 0.506. The molecule has 1 aliphatic heterocycles. The molecule has 0 bridgehead atoms. The van der Waals surface area contributed by atoms with Gasteiger partial charge in [-0.05, 0) is 31.0 Å². The number of ether oxygens (including phenoxy) is 1. The maximum absolute atomic E-state index is 12.5. The van der Waals surface area contributed by atoms with E-state index >= 15 is 0 Å². The zero-order chi connectivity index (χ0) is 22.0. The number of thiazole rings is 1. The van der Waals surface area contributed by atoms with E-state index in [1.54, 1.807) is 18.9 Å². The number of methoxy groups -OCH3 is 1. The van der Waals surface area contributed by atoms with Crippen LogP contribution in [-0.2, 0) is 22.4 Å².